The number of rotatable bonds is 7. The molecule has 2 aromatic rings. The largest absolute Gasteiger partial charge is 0.466 e. The third kappa shape index (κ3) is 4.70. The lowest BCUT2D eigenvalue weighted by atomic mass is 9.76. The molecular weight excluding hydrogens is 368 g/mol. The first-order chi connectivity index (χ1) is 14.2. The van der Waals surface area contributed by atoms with Crippen molar-refractivity contribution in [1.82, 2.24) is 10.1 Å². The summed E-state index contributed by atoms with van der Waals surface area (Å²) in [5.74, 6) is 1.18. The average molecular weight is 399 g/mol. The first kappa shape index (κ1) is 20.1. The van der Waals surface area contributed by atoms with Gasteiger partial charge in [-0.05, 0) is 38.6 Å². The van der Waals surface area contributed by atoms with Crippen LogP contribution in [0.25, 0.3) is 11.3 Å². The minimum atomic E-state index is -0.582. The second kappa shape index (κ2) is 9.09. The fourth-order valence-electron chi connectivity index (χ4n) is 4.62. The Hall–Kier alpha value is -2.18. The average Bonchev–Trinajstić information content (AvgIpc) is 3.41. The van der Waals surface area contributed by atoms with Gasteiger partial charge in [0.05, 0.1) is 18.6 Å². The molecule has 0 unspecified atom stereocenters. The first-order valence-corrected chi connectivity index (χ1v) is 10.7. The number of benzene rings is 1. The van der Waals surface area contributed by atoms with Crippen LogP contribution in [0.5, 0.6) is 0 Å². The number of esters is 1. The van der Waals surface area contributed by atoms with Crippen LogP contribution in [-0.2, 0) is 20.7 Å². The minimum Gasteiger partial charge on any atom is -0.466 e. The van der Waals surface area contributed by atoms with Crippen molar-refractivity contribution in [1.29, 1.82) is 0 Å². The Kier molecular flexibility index (Phi) is 6.31. The molecule has 3 heterocycles. The second-order valence-electron chi connectivity index (χ2n) is 8.29. The van der Waals surface area contributed by atoms with E-state index in [2.05, 4.69) is 10.1 Å². The summed E-state index contributed by atoms with van der Waals surface area (Å²) in [5, 5.41) is 4.23. The molecule has 0 amide bonds. The van der Waals surface area contributed by atoms with Gasteiger partial charge in [0.2, 0.25) is 0 Å². The summed E-state index contributed by atoms with van der Waals surface area (Å²) in [6.45, 7) is 6.62. The van der Waals surface area contributed by atoms with Crippen LogP contribution in [0, 0.1) is 11.3 Å². The van der Waals surface area contributed by atoms with E-state index in [0.29, 0.717) is 25.5 Å². The van der Waals surface area contributed by atoms with Crippen LogP contribution in [0.1, 0.15) is 31.9 Å². The highest BCUT2D eigenvalue weighted by atomic mass is 16.5. The summed E-state index contributed by atoms with van der Waals surface area (Å²) in [7, 11) is 0. The second-order valence-corrected chi connectivity index (χ2v) is 8.29. The number of hydrogen-bond donors (Lipinski definition) is 0. The summed E-state index contributed by atoms with van der Waals surface area (Å²) in [5.41, 5.74) is 1.23. The van der Waals surface area contributed by atoms with Gasteiger partial charge >= 0.3 is 5.97 Å². The van der Waals surface area contributed by atoms with Crippen LogP contribution in [0.2, 0.25) is 0 Å². The van der Waals surface area contributed by atoms with Gasteiger partial charge in [-0.2, -0.15) is 0 Å². The van der Waals surface area contributed by atoms with E-state index in [1.165, 1.54) is 0 Å². The number of nitrogens with zero attached hydrogens (tertiary/aromatic N) is 2. The number of aromatic nitrogens is 1. The van der Waals surface area contributed by atoms with Gasteiger partial charge in [-0.3, -0.25) is 4.79 Å². The van der Waals surface area contributed by atoms with Crippen LogP contribution in [0.15, 0.2) is 40.9 Å². The number of carbonyl (C=O) groups is 1. The van der Waals surface area contributed by atoms with Crippen LogP contribution in [0.3, 0.4) is 0 Å². The molecule has 6 nitrogen and oxygen atoms in total. The highest BCUT2D eigenvalue weighted by Gasteiger charge is 2.45. The van der Waals surface area contributed by atoms with E-state index in [4.69, 9.17) is 14.0 Å². The predicted molar refractivity (Wildman–Crippen MR) is 109 cm³/mol. The number of carbonyl (C=O) groups excluding carboxylic acids is 1. The van der Waals surface area contributed by atoms with Crippen molar-refractivity contribution in [2.24, 2.45) is 11.3 Å². The van der Waals surface area contributed by atoms with Gasteiger partial charge in [0.25, 0.3) is 0 Å². The fourth-order valence-corrected chi connectivity index (χ4v) is 4.62. The third-order valence-electron chi connectivity index (χ3n) is 6.05. The van der Waals surface area contributed by atoms with Crippen LogP contribution in [-0.4, -0.2) is 55.5 Å². The van der Waals surface area contributed by atoms with E-state index in [0.717, 1.165) is 62.6 Å². The topological polar surface area (TPSA) is 64.8 Å². The number of likely N-dealkylation sites (tertiary alicyclic amines) is 1. The minimum absolute atomic E-state index is 0.120. The summed E-state index contributed by atoms with van der Waals surface area (Å²) < 4.78 is 16.7. The molecule has 2 aliphatic heterocycles. The van der Waals surface area contributed by atoms with Crippen LogP contribution in [0.4, 0.5) is 0 Å². The molecule has 1 aromatic heterocycles. The molecule has 6 heteroatoms. The quantitative estimate of drug-likeness (QED) is 0.665. The molecule has 0 radical (unpaired) electrons. The van der Waals surface area contributed by atoms with E-state index in [-0.39, 0.29) is 5.97 Å². The molecule has 2 fully saturated rings. The van der Waals surface area contributed by atoms with Crippen molar-refractivity contribution in [2.45, 2.75) is 32.6 Å². The van der Waals surface area contributed by atoms with Gasteiger partial charge in [0.15, 0.2) is 0 Å². The van der Waals surface area contributed by atoms with Crippen molar-refractivity contribution in [3.63, 3.8) is 0 Å². The first-order valence-electron chi connectivity index (χ1n) is 10.7. The smallest absolute Gasteiger partial charge is 0.313 e. The SMILES string of the molecule is CCOC(=O)[C@@]1(Cc2cc(-c3ccccc3)no2)CCCN(C[C@H]2CCOC2)C1. The van der Waals surface area contributed by atoms with Gasteiger partial charge in [-0.25, -0.2) is 0 Å². The number of ether oxygens (including phenoxy) is 2. The molecule has 29 heavy (non-hydrogen) atoms. The monoisotopic (exact) mass is 398 g/mol. The Morgan fingerprint density at radius 2 is 2.21 bits per heavy atom. The predicted octanol–water partition coefficient (Wildman–Crippen LogP) is 3.57. The van der Waals surface area contributed by atoms with Crippen molar-refractivity contribution in [2.75, 3.05) is 39.5 Å². The maximum absolute atomic E-state index is 13.0. The van der Waals surface area contributed by atoms with E-state index in [9.17, 15) is 4.79 Å². The standard InChI is InChI=1S/C23H30N2O4/c1-2-28-22(26)23(10-6-11-25(17-23)15-18-9-12-27-16-18)14-20-13-21(24-29-20)19-7-4-3-5-8-19/h3-5,7-8,13,18H,2,6,9-12,14-17H2,1H3/t18-,23-/m1/s1. The van der Waals surface area contributed by atoms with Crippen LogP contribution < -0.4 is 0 Å². The summed E-state index contributed by atoms with van der Waals surface area (Å²) in [6, 6.07) is 11.9. The van der Waals surface area contributed by atoms with Gasteiger partial charge in [-0.1, -0.05) is 35.5 Å². The van der Waals surface area contributed by atoms with Crippen molar-refractivity contribution in [3.05, 3.63) is 42.2 Å². The molecule has 1 aromatic carbocycles. The van der Waals surface area contributed by atoms with E-state index < -0.39 is 5.41 Å². The Morgan fingerprint density at radius 3 is 2.97 bits per heavy atom. The van der Waals surface area contributed by atoms with E-state index in [1.807, 2.05) is 43.3 Å². The Morgan fingerprint density at radius 1 is 1.34 bits per heavy atom. The van der Waals surface area contributed by atoms with E-state index >= 15 is 0 Å². The van der Waals surface area contributed by atoms with Gasteiger partial charge in [0, 0.05) is 37.7 Å². The third-order valence-corrected chi connectivity index (χ3v) is 6.05. The highest BCUT2D eigenvalue weighted by molar-refractivity contribution is 5.77. The lowest BCUT2D eigenvalue weighted by molar-refractivity contribution is -0.159. The van der Waals surface area contributed by atoms with Crippen LogP contribution >= 0.6 is 0 Å². The van der Waals surface area contributed by atoms with Gasteiger partial charge in [-0.15, -0.1) is 0 Å². The molecule has 0 bridgehead atoms. The zero-order valence-electron chi connectivity index (χ0n) is 17.1. The molecule has 2 atom stereocenters. The fraction of sp³-hybridized carbons (Fsp3) is 0.565. The Bertz CT molecular complexity index is 800. The zero-order chi connectivity index (χ0) is 20.1. The summed E-state index contributed by atoms with van der Waals surface area (Å²) >= 11 is 0. The normalized spacial score (nSPS) is 25.2. The molecular formula is C23H30N2O4. The lowest BCUT2D eigenvalue weighted by Crippen LogP contribution is -2.50. The number of hydrogen-bond acceptors (Lipinski definition) is 6. The molecule has 0 aliphatic carbocycles. The molecule has 2 saturated heterocycles. The summed E-state index contributed by atoms with van der Waals surface area (Å²) in [6.07, 6.45) is 3.41. The maximum Gasteiger partial charge on any atom is 0.313 e. The van der Waals surface area contributed by atoms with Gasteiger partial charge < -0.3 is 18.9 Å². The molecule has 0 spiro atoms. The molecule has 0 N–H and O–H groups in total. The zero-order valence-corrected chi connectivity index (χ0v) is 17.1. The Balaban J connectivity index is 1.52. The van der Waals surface area contributed by atoms with Crippen molar-refractivity contribution in [3.8, 4) is 11.3 Å². The molecule has 0 saturated carbocycles. The molecule has 2 aliphatic rings. The highest BCUT2D eigenvalue weighted by Crippen LogP contribution is 2.36. The van der Waals surface area contributed by atoms with Crippen molar-refractivity contribution < 1.29 is 18.8 Å². The van der Waals surface area contributed by atoms with Crippen molar-refractivity contribution >= 4 is 5.97 Å². The lowest BCUT2D eigenvalue weighted by Gasteiger charge is -2.41. The molecule has 4 rings (SSSR count). The molecule has 156 valence electrons. The maximum atomic E-state index is 13.0. The Labute approximate surface area is 172 Å². The summed E-state index contributed by atoms with van der Waals surface area (Å²) in [4.78, 5) is 15.5. The number of piperidine rings is 1. The van der Waals surface area contributed by atoms with Gasteiger partial charge in [0.1, 0.15) is 11.5 Å². The van der Waals surface area contributed by atoms with E-state index in [1.54, 1.807) is 0 Å².